The van der Waals surface area contributed by atoms with E-state index in [1.807, 2.05) is 13.0 Å². The molecular weight excluding hydrogens is 434 g/mol. The van der Waals surface area contributed by atoms with E-state index in [1.54, 1.807) is 25.1 Å². The Bertz CT molecular complexity index is 1300. The number of nitrogens with one attached hydrogen (secondary N) is 2. The van der Waals surface area contributed by atoms with Crippen molar-refractivity contribution in [3.63, 3.8) is 0 Å². The van der Waals surface area contributed by atoms with E-state index >= 15 is 0 Å². The van der Waals surface area contributed by atoms with Gasteiger partial charge in [-0.3, -0.25) is 9.44 Å². The number of sulfonamides is 2. The topological polar surface area (TPSA) is 92.3 Å². The van der Waals surface area contributed by atoms with E-state index in [-0.39, 0.29) is 10.6 Å². The summed E-state index contributed by atoms with van der Waals surface area (Å²) in [6.07, 6.45) is 0. The number of anilines is 2. The summed E-state index contributed by atoms with van der Waals surface area (Å²) in [5.41, 5.74) is 1.60. The van der Waals surface area contributed by atoms with Crippen LogP contribution in [0.5, 0.6) is 0 Å². The predicted octanol–water partition coefficient (Wildman–Crippen LogP) is 4.18. The zero-order chi connectivity index (χ0) is 22.1. The molecule has 3 aromatic carbocycles. The maximum atomic E-state index is 13.4. The van der Waals surface area contributed by atoms with Gasteiger partial charge in [-0.25, -0.2) is 25.6 Å². The van der Waals surface area contributed by atoms with E-state index in [4.69, 9.17) is 0 Å². The molecule has 0 amide bonds. The minimum Gasteiger partial charge on any atom is -0.280 e. The van der Waals surface area contributed by atoms with Crippen molar-refractivity contribution in [3.05, 3.63) is 83.4 Å². The minimum atomic E-state index is -4.35. The molecule has 6 nitrogen and oxygen atoms in total. The van der Waals surface area contributed by atoms with Crippen LogP contribution in [-0.2, 0) is 20.0 Å². The van der Waals surface area contributed by atoms with Gasteiger partial charge in [0.25, 0.3) is 20.0 Å². The third-order valence-electron chi connectivity index (χ3n) is 4.18. The quantitative estimate of drug-likeness (QED) is 0.587. The van der Waals surface area contributed by atoms with E-state index < -0.39 is 36.6 Å². The maximum Gasteiger partial charge on any atom is 0.262 e. The number of hydrogen-bond acceptors (Lipinski definition) is 4. The van der Waals surface area contributed by atoms with Crippen LogP contribution in [0.25, 0.3) is 0 Å². The van der Waals surface area contributed by atoms with Crippen LogP contribution in [-0.4, -0.2) is 16.8 Å². The highest BCUT2D eigenvalue weighted by Gasteiger charge is 2.20. The van der Waals surface area contributed by atoms with Crippen LogP contribution < -0.4 is 9.44 Å². The third kappa shape index (κ3) is 4.95. The summed E-state index contributed by atoms with van der Waals surface area (Å²) in [7, 11) is -8.36. The largest absolute Gasteiger partial charge is 0.280 e. The number of rotatable bonds is 6. The van der Waals surface area contributed by atoms with Crippen molar-refractivity contribution in [1.29, 1.82) is 0 Å². The molecule has 0 atom stereocenters. The van der Waals surface area contributed by atoms with E-state index in [1.165, 1.54) is 12.1 Å². The van der Waals surface area contributed by atoms with Gasteiger partial charge in [0.15, 0.2) is 0 Å². The van der Waals surface area contributed by atoms with Crippen molar-refractivity contribution in [2.24, 2.45) is 0 Å². The first-order valence-corrected chi connectivity index (χ1v) is 11.6. The molecule has 0 fully saturated rings. The van der Waals surface area contributed by atoms with Crippen LogP contribution in [0.1, 0.15) is 11.1 Å². The van der Waals surface area contributed by atoms with Crippen molar-refractivity contribution in [2.45, 2.75) is 23.6 Å². The molecule has 0 spiro atoms. The molecule has 0 heterocycles. The van der Waals surface area contributed by atoms with Gasteiger partial charge in [0.2, 0.25) is 0 Å². The highest BCUT2D eigenvalue weighted by molar-refractivity contribution is 7.93. The summed E-state index contributed by atoms with van der Waals surface area (Å²) >= 11 is 0. The standard InChI is InChI=1S/C20H18F2N2O4S2/c1-13-4-3-5-17(8-13)23-29(25,26)18-7-6-14(2)20(12-18)24-30(27,28)19-10-15(21)9-16(22)11-19/h3-12,23-24H,1-2H3. The van der Waals surface area contributed by atoms with Crippen LogP contribution >= 0.6 is 0 Å². The molecule has 3 rings (SSSR count). The fraction of sp³-hybridized carbons (Fsp3) is 0.100. The first-order valence-electron chi connectivity index (χ1n) is 8.65. The van der Waals surface area contributed by atoms with Gasteiger partial charge in [0.05, 0.1) is 15.5 Å². The number of halogens is 2. The van der Waals surface area contributed by atoms with Crippen LogP contribution in [0.3, 0.4) is 0 Å². The Morgan fingerprint density at radius 3 is 1.97 bits per heavy atom. The molecule has 3 aromatic rings. The van der Waals surface area contributed by atoms with E-state index in [0.29, 0.717) is 29.4 Å². The van der Waals surface area contributed by atoms with Gasteiger partial charge >= 0.3 is 0 Å². The first-order chi connectivity index (χ1) is 14.0. The van der Waals surface area contributed by atoms with Crippen LogP contribution in [0.2, 0.25) is 0 Å². The van der Waals surface area contributed by atoms with Crippen molar-refractivity contribution >= 4 is 31.4 Å². The highest BCUT2D eigenvalue weighted by atomic mass is 32.2. The molecule has 30 heavy (non-hydrogen) atoms. The summed E-state index contributed by atoms with van der Waals surface area (Å²) in [6.45, 7) is 3.38. The van der Waals surface area contributed by atoms with E-state index in [2.05, 4.69) is 9.44 Å². The Hall–Kier alpha value is -2.98. The minimum absolute atomic E-state index is 0.0354. The van der Waals surface area contributed by atoms with Crippen molar-refractivity contribution in [1.82, 2.24) is 0 Å². The van der Waals surface area contributed by atoms with E-state index in [0.717, 1.165) is 11.6 Å². The van der Waals surface area contributed by atoms with Crippen molar-refractivity contribution < 1.29 is 25.6 Å². The van der Waals surface area contributed by atoms with Crippen molar-refractivity contribution in [3.8, 4) is 0 Å². The molecule has 0 aromatic heterocycles. The van der Waals surface area contributed by atoms with Gasteiger partial charge in [-0.15, -0.1) is 0 Å². The molecule has 0 aliphatic rings. The monoisotopic (exact) mass is 452 g/mol. The lowest BCUT2D eigenvalue weighted by atomic mass is 10.2. The van der Waals surface area contributed by atoms with Gasteiger partial charge in [-0.2, -0.15) is 0 Å². The second kappa shape index (κ2) is 8.04. The van der Waals surface area contributed by atoms with Crippen LogP contribution in [0, 0.1) is 25.5 Å². The number of benzene rings is 3. The zero-order valence-corrected chi connectivity index (χ0v) is 17.6. The summed E-state index contributed by atoms with van der Waals surface area (Å²) in [4.78, 5) is -0.803. The molecule has 0 aliphatic carbocycles. The SMILES string of the molecule is Cc1cccc(NS(=O)(=O)c2ccc(C)c(NS(=O)(=O)c3cc(F)cc(F)c3)c2)c1. The summed E-state index contributed by atoms with van der Waals surface area (Å²) < 4.78 is 81.9. The lowest BCUT2D eigenvalue weighted by Crippen LogP contribution is -2.16. The summed E-state index contributed by atoms with van der Waals surface area (Å²) in [5.74, 6) is -2.10. The zero-order valence-electron chi connectivity index (χ0n) is 16.0. The Balaban J connectivity index is 1.95. The molecule has 0 bridgehead atoms. The highest BCUT2D eigenvalue weighted by Crippen LogP contribution is 2.25. The van der Waals surface area contributed by atoms with Crippen molar-refractivity contribution in [2.75, 3.05) is 9.44 Å². The molecule has 0 saturated carbocycles. The predicted molar refractivity (Wildman–Crippen MR) is 110 cm³/mol. The Morgan fingerprint density at radius 1 is 0.700 bits per heavy atom. The molecule has 2 N–H and O–H groups in total. The molecule has 0 saturated heterocycles. The number of aryl methyl sites for hydroxylation is 2. The van der Waals surface area contributed by atoms with Gasteiger partial charge in [-0.05, 0) is 61.4 Å². The van der Waals surface area contributed by atoms with E-state index in [9.17, 15) is 25.6 Å². The fourth-order valence-corrected chi connectivity index (χ4v) is 4.93. The lowest BCUT2D eigenvalue weighted by Gasteiger charge is -2.14. The Kier molecular flexibility index (Phi) is 5.82. The van der Waals surface area contributed by atoms with Crippen LogP contribution in [0.15, 0.2) is 70.5 Å². The first kappa shape index (κ1) is 21.7. The Labute approximate surface area is 173 Å². The third-order valence-corrected chi connectivity index (χ3v) is 6.90. The molecule has 10 heteroatoms. The second-order valence-corrected chi connectivity index (χ2v) is 10.0. The van der Waals surface area contributed by atoms with Gasteiger partial charge < -0.3 is 0 Å². The fourth-order valence-electron chi connectivity index (χ4n) is 2.69. The summed E-state index contributed by atoms with van der Waals surface area (Å²) in [6, 6.07) is 12.5. The second-order valence-electron chi connectivity index (χ2n) is 6.66. The average Bonchev–Trinajstić information content (AvgIpc) is 2.62. The van der Waals surface area contributed by atoms with Gasteiger partial charge in [0.1, 0.15) is 11.6 Å². The lowest BCUT2D eigenvalue weighted by molar-refractivity contribution is 0.568. The smallest absolute Gasteiger partial charge is 0.262 e. The van der Waals surface area contributed by atoms with Crippen LogP contribution in [0.4, 0.5) is 20.2 Å². The van der Waals surface area contributed by atoms with Gasteiger partial charge in [-0.1, -0.05) is 18.2 Å². The average molecular weight is 453 g/mol. The van der Waals surface area contributed by atoms with Gasteiger partial charge in [0, 0.05) is 11.8 Å². The number of hydrogen-bond donors (Lipinski definition) is 2. The molecule has 158 valence electrons. The normalized spacial score (nSPS) is 11.9. The molecule has 0 aliphatic heterocycles. The Morgan fingerprint density at radius 2 is 1.33 bits per heavy atom. The molecular formula is C20H18F2N2O4S2. The maximum absolute atomic E-state index is 13.4. The summed E-state index contributed by atoms with van der Waals surface area (Å²) in [5, 5.41) is 0. The molecule has 0 unspecified atom stereocenters. The molecule has 0 radical (unpaired) electrons.